The highest BCUT2D eigenvalue weighted by molar-refractivity contribution is 7.99. The lowest BCUT2D eigenvalue weighted by molar-refractivity contribution is 0.296. The SMILES string of the molecule is Cc1ccc(C(N)=NO)c(SCCCO)c1. The first kappa shape index (κ1) is 12.9. The summed E-state index contributed by atoms with van der Waals surface area (Å²) in [5.41, 5.74) is 7.45. The van der Waals surface area contributed by atoms with E-state index in [4.69, 9.17) is 16.0 Å². The van der Waals surface area contributed by atoms with Crippen LogP contribution < -0.4 is 5.73 Å². The van der Waals surface area contributed by atoms with Crippen LogP contribution in [-0.4, -0.2) is 28.5 Å². The summed E-state index contributed by atoms with van der Waals surface area (Å²) in [5.74, 6) is 0.928. The molecule has 88 valence electrons. The maximum Gasteiger partial charge on any atom is 0.171 e. The van der Waals surface area contributed by atoms with Crippen LogP contribution in [0.2, 0.25) is 0 Å². The quantitative estimate of drug-likeness (QED) is 0.182. The molecule has 0 atom stereocenters. The van der Waals surface area contributed by atoms with Gasteiger partial charge in [-0.05, 0) is 31.0 Å². The first-order valence-electron chi connectivity index (χ1n) is 5.01. The maximum absolute atomic E-state index is 8.72. The van der Waals surface area contributed by atoms with Gasteiger partial charge in [-0.2, -0.15) is 0 Å². The van der Waals surface area contributed by atoms with E-state index in [0.29, 0.717) is 0 Å². The number of aryl methyl sites for hydroxylation is 1. The number of amidine groups is 1. The molecule has 0 heterocycles. The highest BCUT2D eigenvalue weighted by atomic mass is 32.2. The Labute approximate surface area is 99.2 Å². The van der Waals surface area contributed by atoms with E-state index in [-0.39, 0.29) is 12.4 Å². The Morgan fingerprint density at radius 2 is 2.25 bits per heavy atom. The van der Waals surface area contributed by atoms with E-state index in [1.807, 2.05) is 25.1 Å². The number of thioether (sulfide) groups is 1. The molecule has 1 rings (SSSR count). The van der Waals surface area contributed by atoms with Gasteiger partial charge in [-0.25, -0.2) is 0 Å². The predicted molar refractivity (Wildman–Crippen MR) is 66.1 cm³/mol. The lowest BCUT2D eigenvalue weighted by Gasteiger charge is -2.08. The summed E-state index contributed by atoms with van der Waals surface area (Å²) in [7, 11) is 0. The average molecular weight is 240 g/mol. The molecule has 0 fully saturated rings. The van der Waals surface area contributed by atoms with Crippen molar-refractivity contribution in [3.8, 4) is 0 Å². The normalized spacial score (nSPS) is 11.8. The Hall–Kier alpha value is -1.20. The molecule has 0 aliphatic heterocycles. The van der Waals surface area contributed by atoms with Crippen LogP contribution in [0.25, 0.3) is 0 Å². The largest absolute Gasteiger partial charge is 0.409 e. The molecule has 1 aromatic carbocycles. The molecule has 1 aromatic rings. The Balaban J connectivity index is 2.90. The van der Waals surface area contributed by atoms with Crippen LogP contribution in [0.3, 0.4) is 0 Å². The highest BCUT2D eigenvalue weighted by Gasteiger charge is 2.07. The number of rotatable bonds is 5. The van der Waals surface area contributed by atoms with Gasteiger partial charge in [-0.3, -0.25) is 0 Å². The lowest BCUT2D eigenvalue weighted by atomic mass is 10.1. The summed E-state index contributed by atoms with van der Waals surface area (Å²) < 4.78 is 0. The Bertz CT molecular complexity index is 380. The molecule has 0 bridgehead atoms. The van der Waals surface area contributed by atoms with Crippen LogP contribution in [0.1, 0.15) is 17.5 Å². The summed E-state index contributed by atoms with van der Waals surface area (Å²) in [6.45, 7) is 2.17. The number of nitrogens with two attached hydrogens (primary N) is 1. The van der Waals surface area contributed by atoms with Gasteiger partial charge >= 0.3 is 0 Å². The van der Waals surface area contributed by atoms with Crippen LogP contribution in [0.4, 0.5) is 0 Å². The zero-order valence-electron chi connectivity index (χ0n) is 9.18. The zero-order valence-corrected chi connectivity index (χ0v) is 10.00. The van der Waals surface area contributed by atoms with Crippen molar-refractivity contribution in [2.45, 2.75) is 18.2 Å². The molecule has 16 heavy (non-hydrogen) atoms. The van der Waals surface area contributed by atoms with Gasteiger partial charge in [0.2, 0.25) is 0 Å². The molecule has 0 aliphatic carbocycles. The third kappa shape index (κ3) is 3.43. The van der Waals surface area contributed by atoms with E-state index < -0.39 is 0 Å². The first-order chi connectivity index (χ1) is 7.69. The van der Waals surface area contributed by atoms with Crippen LogP contribution >= 0.6 is 11.8 Å². The van der Waals surface area contributed by atoms with E-state index in [2.05, 4.69) is 5.16 Å². The minimum Gasteiger partial charge on any atom is -0.409 e. The van der Waals surface area contributed by atoms with Gasteiger partial charge in [-0.1, -0.05) is 11.2 Å². The molecule has 0 aliphatic rings. The molecule has 5 heteroatoms. The molecule has 4 N–H and O–H groups in total. The molecule has 0 radical (unpaired) electrons. The van der Waals surface area contributed by atoms with Gasteiger partial charge in [0.05, 0.1) is 0 Å². The third-order valence-electron chi connectivity index (χ3n) is 2.08. The fourth-order valence-corrected chi connectivity index (χ4v) is 2.35. The van der Waals surface area contributed by atoms with Crippen LogP contribution in [0.5, 0.6) is 0 Å². The molecule has 0 saturated heterocycles. The average Bonchev–Trinajstić information content (AvgIpc) is 2.29. The minimum atomic E-state index is 0.117. The number of aliphatic hydroxyl groups excluding tert-OH is 1. The molecule has 4 nitrogen and oxygen atoms in total. The maximum atomic E-state index is 8.72. The van der Waals surface area contributed by atoms with Crippen molar-refractivity contribution in [1.82, 2.24) is 0 Å². The molecule has 0 spiro atoms. The molecular formula is C11H16N2O2S. The van der Waals surface area contributed by atoms with Gasteiger partial charge in [0.1, 0.15) is 0 Å². The van der Waals surface area contributed by atoms with E-state index in [0.717, 1.165) is 28.2 Å². The van der Waals surface area contributed by atoms with Gasteiger partial charge < -0.3 is 16.0 Å². The summed E-state index contributed by atoms with van der Waals surface area (Å²) in [6, 6.07) is 5.75. The predicted octanol–water partition coefficient (Wildman–Crippen LogP) is 1.56. The topological polar surface area (TPSA) is 78.8 Å². The van der Waals surface area contributed by atoms with Crippen molar-refractivity contribution in [2.75, 3.05) is 12.4 Å². The summed E-state index contributed by atoms with van der Waals surface area (Å²) in [6.07, 6.45) is 0.730. The van der Waals surface area contributed by atoms with Crippen molar-refractivity contribution in [3.63, 3.8) is 0 Å². The van der Waals surface area contributed by atoms with Crippen molar-refractivity contribution >= 4 is 17.6 Å². The monoisotopic (exact) mass is 240 g/mol. The van der Waals surface area contributed by atoms with E-state index in [1.165, 1.54) is 0 Å². The number of hydrogen-bond acceptors (Lipinski definition) is 4. The number of nitrogens with zero attached hydrogens (tertiary/aromatic N) is 1. The third-order valence-corrected chi connectivity index (χ3v) is 3.22. The number of hydrogen-bond donors (Lipinski definition) is 3. The first-order valence-corrected chi connectivity index (χ1v) is 5.99. The van der Waals surface area contributed by atoms with Gasteiger partial charge in [-0.15, -0.1) is 11.8 Å². The lowest BCUT2D eigenvalue weighted by Crippen LogP contribution is -2.14. The van der Waals surface area contributed by atoms with Crippen molar-refractivity contribution in [1.29, 1.82) is 0 Å². The minimum absolute atomic E-state index is 0.117. The smallest absolute Gasteiger partial charge is 0.171 e. The molecule has 0 aromatic heterocycles. The Morgan fingerprint density at radius 3 is 2.88 bits per heavy atom. The van der Waals surface area contributed by atoms with Gasteiger partial charge in [0, 0.05) is 22.8 Å². The van der Waals surface area contributed by atoms with Crippen LogP contribution in [0, 0.1) is 6.92 Å². The molecule has 0 unspecified atom stereocenters. The standard InChI is InChI=1S/C11H16N2O2S/c1-8-3-4-9(11(12)13-15)10(7-8)16-6-2-5-14/h3-4,7,14-15H,2,5-6H2,1H3,(H2,12,13). The summed E-state index contributed by atoms with van der Waals surface area (Å²) in [5, 5.41) is 20.4. The Kier molecular flexibility index (Phi) is 5.14. The van der Waals surface area contributed by atoms with Crippen LogP contribution in [0.15, 0.2) is 28.3 Å². The van der Waals surface area contributed by atoms with Gasteiger partial charge in [0.25, 0.3) is 0 Å². The second-order valence-corrected chi connectivity index (χ2v) is 4.55. The van der Waals surface area contributed by atoms with E-state index in [1.54, 1.807) is 11.8 Å². The molecule has 0 saturated carbocycles. The van der Waals surface area contributed by atoms with E-state index in [9.17, 15) is 0 Å². The zero-order chi connectivity index (χ0) is 12.0. The highest BCUT2D eigenvalue weighted by Crippen LogP contribution is 2.24. The van der Waals surface area contributed by atoms with E-state index >= 15 is 0 Å². The molecule has 0 amide bonds. The van der Waals surface area contributed by atoms with Gasteiger partial charge in [0.15, 0.2) is 5.84 Å². The van der Waals surface area contributed by atoms with Crippen molar-refractivity contribution in [2.24, 2.45) is 10.9 Å². The molecular weight excluding hydrogens is 224 g/mol. The van der Waals surface area contributed by atoms with Crippen LogP contribution in [-0.2, 0) is 0 Å². The van der Waals surface area contributed by atoms with Crippen molar-refractivity contribution < 1.29 is 10.3 Å². The number of benzene rings is 1. The summed E-state index contributed by atoms with van der Waals surface area (Å²) in [4.78, 5) is 0.976. The fourth-order valence-electron chi connectivity index (χ4n) is 1.26. The fraction of sp³-hybridized carbons (Fsp3) is 0.364. The number of oxime groups is 1. The van der Waals surface area contributed by atoms with Crippen molar-refractivity contribution in [3.05, 3.63) is 29.3 Å². The summed E-state index contributed by atoms with van der Waals surface area (Å²) >= 11 is 1.60. The Morgan fingerprint density at radius 1 is 1.50 bits per heavy atom. The second-order valence-electron chi connectivity index (χ2n) is 3.41. The number of aliphatic hydroxyl groups is 1. The second kappa shape index (κ2) is 6.40.